The molecule has 1 aliphatic heterocycles. The molecule has 1 aromatic rings. The largest absolute Gasteiger partial charge is 0.388 e. The Hall–Kier alpha value is -1.36. The van der Waals surface area contributed by atoms with Crippen molar-refractivity contribution in [3.63, 3.8) is 0 Å². The first-order valence-electron chi connectivity index (χ1n) is 7.54. The summed E-state index contributed by atoms with van der Waals surface area (Å²) in [5.41, 5.74) is 0.489. The van der Waals surface area contributed by atoms with Gasteiger partial charge in [0, 0.05) is 44.4 Å². The van der Waals surface area contributed by atoms with Crippen molar-refractivity contribution in [2.75, 3.05) is 13.6 Å². The third kappa shape index (κ3) is 2.59. The zero-order valence-corrected chi connectivity index (χ0v) is 12.1. The maximum atomic E-state index is 12.5. The fraction of sp³-hybridized carbons (Fsp3) is 0.733. The van der Waals surface area contributed by atoms with Gasteiger partial charge in [-0.15, -0.1) is 0 Å². The Morgan fingerprint density at radius 3 is 3.05 bits per heavy atom. The Bertz CT molecular complexity index is 491. The Morgan fingerprint density at radius 1 is 1.55 bits per heavy atom. The fourth-order valence-corrected chi connectivity index (χ4v) is 3.60. The molecule has 0 aromatic carbocycles. The van der Waals surface area contributed by atoms with Gasteiger partial charge in [0.25, 0.3) is 0 Å². The molecule has 1 atom stereocenters. The van der Waals surface area contributed by atoms with Crippen molar-refractivity contribution in [3.8, 4) is 0 Å². The number of imidazole rings is 1. The summed E-state index contributed by atoms with van der Waals surface area (Å²) in [6, 6.07) is 0. The van der Waals surface area contributed by atoms with E-state index in [0.29, 0.717) is 6.54 Å². The maximum absolute atomic E-state index is 12.5. The number of fused-ring (bicyclic) bond motifs is 1. The number of hydrogen-bond acceptors (Lipinski definition) is 3. The van der Waals surface area contributed by atoms with Crippen molar-refractivity contribution in [1.29, 1.82) is 0 Å². The molecule has 110 valence electrons. The molecular weight excluding hydrogens is 254 g/mol. The predicted molar refractivity (Wildman–Crippen MR) is 75.1 cm³/mol. The molecule has 1 unspecified atom stereocenters. The van der Waals surface area contributed by atoms with Crippen LogP contribution < -0.4 is 0 Å². The number of rotatable bonds is 3. The molecule has 0 saturated heterocycles. The van der Waals surface area contributed by atoms with E-state index in [9.17, 15) is 9.90 Å². The Labute approximate surface area is 119 Å². The molecule has 1 N–H and O–H groups in total. The molecule has 5 nitrogen and oxygen atoms in total. The summed E-state index contributed by atoms with van der Waals surface area (Å²) in [6.45, 7) is 1.34. The molecule has 0 bridgehead atoms. The lowest BCUT2D eigenvalue weighted by Crippen LogP contribution is -2.45. The fourth-order valence-electron chi connectivity index (χ4n) is 3.60. The summed E-state index contributed by atoms with van der Waals surface area (Å²) in [5, 5.41) is 10.4. The minimum Gasteiger partial charge on any atom is -0.388 e. The number of aromatic nitrogens is 2. The molecule has 1 saturated carbocycles. The minimum absolute atomic E-state index is 0.0363. The number of aliphatic hydroxyl groups is 1. The highest BCUT2D eigenvalue weighted by Crippen LogP contribution is 2.31. The Morgan fingerprint density at radius 2 is 2.30 bits per heavy atom. The van der Waals surface area contributed by atoms with Gasteiger partial charge in [-0.05, 0) is 19.3 Å². The van der Waals surface area contributed by atoms with Crippen LogP contribution in [0.15, 0.2) is 12.5 Å². The van der Waals surface area contributed by atoms with Crippen LogP contribution in [0.3, 0.4) is 0 Å². The van der Waals surface area contributed by atoms with Crippen LogP contribution in [0.1, 0.15) is 37.8 Å². The summed E-state index contributed by atoms with van der Waals surface area (Å²) < 4.78 is 2.12. The van der Waals surface area contributed by atoms with E-state index in [1.165, 1.54) is 0 Å². The van der Waals surface area contributed by atoms with E-state index >= 15 is 0 Å². The van der Waals surface area contributed by atoms with Crippen LogP contribution in [0.25, 0.3) is 0 Å². The van der Waals surface area contributed by atoms with E-state index in [1.54, 1.807) is 4.90 Å². The van der Waals surface area contributed by atoms with E-state index in [-0.39, 0.29) is 11.8 Å². The predicted octanol–water partition coefficient (Wildman–Crippen LogP) is 1.21. The van der Waals surface area contributed by atoms with Crippen molar-refractivity contribution in [3.05, 3.63) is 18.2 Å². The van der Waals surface area contributed by atoms with E-state index in [1.807, 2.05) is 19.6 Å². The summed E-state index contributed by atoms with van der Waals surface area (Å²) in [7, 11) is 1.82. The monoisotopic (exact) mass is 277 g/mol. The molecule has 1 aliphatic carbocycles. The van der Waals surface area contributed by atoms with Gasteiger partial charge in [0.15, 0.2) is 0 Å². The van der Waals surface area contributed by atoms with Gasteiger partial charge < -0.3 is 14.6 Å². The van der Waals surface area contributed by atoms with Crippen LogP contribution in [0.2, 0.25) is 0 Å². The molecule has 5 heteroatoms. The average Bonchev–Trinajstić information content (AvgIpc) is 3.05. The van der Waals surface area contributed by atoms with Crippen LogP contribution in [0.5, 0.6) is 0 Å². The molecule has 1 amide bonds. The lowest BCUT2D eigenvalue weighted by molar-refractivity contribution is -0.138. The number of likely N-dealkylation sites (N-methyl/N-ethyl adjacent to an activating group) is 1. The molecule has 2 heterocycles. The highest BCUT2D eigenvalue weighted by atomic mass is 16.3. The van der Waals surface area contributed by atoms with Crippen molar-refractivity contribution in [2.45, 2.75) is 50.7 Å². The Kier molecular flexibility index (Phi) is 3.54. The number of aryl methyl sites for hydroxylation is 1. The van der Waals surface area contributed by atoms with Gasteiger partial charge in [0.2, 0.25) is 5.91 Å². The van der Waals surface area contributed by atoms with Crippen molar-refractivity contribution >= 4 is 5.91 Å². The van der Waals surface area contributed by atoms with Crippen molar-refractivity contribution in [1.82, 2.24) is 14.5 Å². The number of amides is 1. The number of nitrogens with zero attached hydrogens (tertiary/aromatic N) is 3. The Balaban J connectivity index is 1.61. The molecule has 0 radical (unpaired) electrons. The van der Waals surface area contributed by atoms with Gasteiger partial charge in [0.1, 0.15) is 0 Å². The van der Waals surface area contributed by atoms with Crippen LogP contribution >= 0.6 is 0 Å². The summed E-state index contributed by atoms with van der Waals surface area (Å²) in [5.74, 6) is 0.201. The second-order valence-corrected chi connectivity index (χ2v) is 6.39. The standard InChI is InChI=1S/C15H23N3O2/c1-17(10-15(20)5-2-3-6-15)14(19)12-4-7-18-11-16-9-13(18)8-12/h9,11-12,20H,2-8,10H2,1H3. The van der Waals surface area contributed by atoms with Crippen LogP contribution in [0.4, 0.5) is 0 Å². The number of carbonyl (C=O) groups is 1. The van der Waals surface area contributed by atoms with Gasteiger partial charge in [-0.3, -0.25) is 4.79 Å². The first-order chi connectivity index (χ1) is 9.57. The van der Waals surface area contributed by atoms with Crippen LogP contribution in [-0.2, 0) is 17.8 Å². The molecule has 20 heavy (non-hydrogen) atoms. The highest BCUT2D eigenvalue weighted by Gasteiger charge is 2.35. The third-order valence-electron chi connectivity index (χ3n) is 4.76. The number of carbonyl (C=O) groups excluding carboxylic acids is 1. The van der Waals surface area contributed by atoms with Gasteiger partial charge >= 0.3 is 0 Å². The third-order valence-corrected chi connectivity index (χ3v) is 4.76. The van der Waals surface area contributed by atoms with E-state index in [4.69, 9.17) is 0 Å². The second-order valence-electron chi connectivity index (χ2n) is 6.39. The summed E-state index contributed by atoms with van der Waals surface area (Å²) in [6.07, 6.45) is 9.10. The first-order valence-corrected chi connectivity index (χ1v) is 7.54. The van der Waals surface area contributed by atoms with Gasteiger partial charge in [-0.1, -0.05) is 12.8 Å². The highest BCUT2D eigenvalue weighted by molar-refractivity contribution is 5.79. The van der Waals surface area contributed by atoms with Crippen molar-refractivity contribution < 1.29 is 9.90 Å². The molecule has 1 aromatic heterocycles. The van der Waals surface area contributed by atoms with Crippen molar-refractivity contribution in [2.24, 2.45) is 5.92 Å². The normalized spacial score (nSPS) is 24.4. The quantitative estimate of drug-likeness (QED) is 0.903. The first kappa shape index (κ1) is 13.6. The topological polar surface area (TPSA) is 58.4 Å². The van der Waals surface area contributed by atoms with Gasteiger partial charge in [-0.25, -0.2) is 4.98 Å². The SMILES string of the molecule is CN(CC1(O)CCCC1)C(=O)C1CCn2cncc2C1. The van der Waals surface area contributed by atoms with Gasteiger partial charge in [-0.2, -0.15) is 0 Å². The summed E-state index contributed by atoms with van der Waals surface area (Å²) in [4.78, 5) is 18.4. The molecule has 0 spiro atoms. The van der Waals surface area contributed by atoms with Crippen LogP contribution in [-0.4, -0.2) is 44.7 Å². The lowest BCUT2D eigenvalue weighted by Gasteiger charge is -2.32. The molecule has 3 rings (SSSR count). The summed E-state index contributed by atoms with van der Waals surface area (Å²) >= 11 is 0. The van der Waals surface area contributed by atoms with E-state index in [2.05, 4.69) is 9.55 Å². The lowest BCUT2D eigenvalue weighted by atomic mass is 9.94. The molecule has 2 aliphatic rings. The zero-order chi connectivity index (χ0) is 14.2. The van der Waals surface area contributed by atoms with E-state index < -0.39 is 5.60 Å². The zero-order valence-electron chi connectivity index (χ0n) is 12.1. The second kappa shape index (κ2) is 5.20. The smallest absolute Gasteiger partial charge is 0.225 e. The number of hydrogen-bond donors (Lipinski definition) is 1. The minimum atomic E-state index is -0.652. The molecular formula is C15H23N3O2. The molecule has 1 fully saturated rings. The maximum Gasteiger partial charge on any atom is 0.225 e. The average molecular weight is 277 g/mol. The van der Waals surface area contributed by atoms with Gasteiger partial charge in [0.05, 0.1) is 11.9 Å². The van der Waals surface area contributed by atoms with Crippen LogP contribution in [0, 0.1) is 5.92 Å². The van der Waals surface area contributed by atoms with E-state index in [0.717, 1.165) is 50.8 Å².